The molecule has 0 aromatic heterocycles. The highest BCUT2D eigenvalue weighted by molar-refractivity contribution is 6.60. The lowest BCUT2D eigenvalue weighted by Crippen LogP contribution is -2.46. The van der Waals surface area contributed by atoms with Crippen LogP contribution in [0.4, 0.5) is 0 Å². The molecular weight excluding hydrogens is 340 g/mol. The molecule has 1 atom stereocenters. The molecule has 0 aliphatic heterocycles. The van der Waals surface area contributed by atoms with Gasteiger partial charge in [0, 0.05) is 31.3 Å². The van der Waals surface area contributed by atoms with Crippen molar-refractivity contribution >= 4 is 8.80 Å². The van der Waals surface area contributed by atoms with Gasteiger partial charge in [-0.25, -0.2) is 0 Å². The second-order valence-corrected chi connectivity index (χ2v) is 9.43. The smallest absolute Gasteiger partial charge is 0.374 e. The molecule has 0 amide bonds. The first-order chi connectivity index (χ1) is 12.7. The maximum atomic E-state index is 6.12. The molecule has 0 heterocycles. The van der Waals surface area contributed by atoms with Crippen molar-refractivity contribution in [1.29, 1.82) is 0 Å². The minimum atomic E-state index is -2.65. The molecule has 0 bridgehead atoms. The summed E-state index contributed by atoms with van der Waals surface area (Å²) in [7, 11) is -2.65. The summed E-state index contributed by atoms with van der Waals surface area (Å²) in [6, 6.07) is 22.6. The highest BCUT2D eigenvalue weighted by Crippen LogP contribution is 2.61. The van der Waals surface area contributed by atoms with Gasteiger partial charge < -0.3 is 13.3 Å². The highest BCUT2D eigenvalue weighted by Gasteiger charge is 2.61. The van der Waals surface area contributed by atoms with Gasteiger partial charge in [-0.3, -0.25) is 0 Å². The summed E-state index contributed by atoms with van der Waals surface area (Å²) in [6.45, 7) is 7.95. The van der Waals surface area contributed by atoms with E-state index in [2.05, 4.69) is 60.7 Å². The highest BCUT2D eigenvalue weighted by atomic mass is 28.4. The molecule has 1 aliphatic rings. The van der Waals surface area contributed by atoms with Crippen molar-refractivity contribution in [1.82, 2.24) is 0 Å². The number of benzene rings is 2. The molecule has 2 aromatic carbocycles. The van der Waals surface area contributed by atoms with Crippen LogP contribution in [0.5, 0.6) is 0 Å². The van der Waals surface area contributed by atoms with E-state index in [9.17, 15) is 0 Å². The average Bonchev–Trinajstić information content (AvgIpc) is 3.38. The van der Waals surface area contributed by atoms with E-state index in [0.29, 0.717) is 25.7 Å². The molecule has 0 spiro atoms. The Labute approximate surface area is 158 Å². The van der Waals surface area contributed by atoms with E-state index in [1.165, 1.54) is 11.1 Å². The zero-order chi connectivity index (χ0) is 18.5. The third-order valence-electron chi connectivity index (χ3n) is 5.27. The number of hydrogen-bond acceptors (Lipinski definition) is 3. The molecule has 1 unspecified atom stereocenters. The standard InChI is InChI=1S/C22H30O3Si/c1-4-23-26(24-5-2,25-6-3)18-21-17-22(21,19-13-9-7-10-14-19)20-15-11-8-12-16-20/h7-16,21H,4-6,17-18H2,1-3H3. The fourth-order valence-corrected chi connectivity index (χ4v) is 7.20. The van der Waals surface area contributed by atoms with Crippen molar-refractivity contribution in [2.45, 2.75) is 38.7 Å². The fraction of sp³-hybridized carbons (Fsp3) is 0.455. The fourth-order valence-electron chi connectivity index (χ4n) is 4.18. The lowest BCUT2D eigenvalue weighted by molar-refractivity contribution is 0.0695. The third kappa shape index (κ3) is 3.79. The van der Waals surface area contributed by atoms with Crippen LogP contribution in [0.2, 0.25) is 6.04 Å². The summed E-state index contributed by atoms with van der Waals surface area (Å²) >= 11 is 0. The van der Waals surface area contributed by atoms with Gasteiger partial charge in [0.25, 0.3) is 0 Å². The molecule has 1 aliphatic carbocycles. The number of rotatable bonds is 10. The van der Waals surface area contributed by atoms with Gasteiger partial charge in [-0.1, -0.05) is 60.7 Å². The molecule has 0 radical (unpaired) electrons. The van der Waals surface area contributed by atoms with E-state index in [1.807, 2.05) is 20.8 Å². The van der Waals surface area contributed by atoms with Gasteiger partial charge in [-0.05, 0) is 44.2 Å². The van der Waals surface area contributed by atoms with E-state index in [-0.39, 0.29) is 5.41 Å². The Morgan fingerprint density at radius 3 is 1.58 bits per heavy atom. The Kier molecular flexibility index (Phi) is 6.30. The van der Waals surface area contributed by atoms with E-state index >= 15 is 0 Å². The normalized spacial score (nSPS) is 18.7. The topological polar surface area (TPSA) is 27.7 Å². The predicted molar refractivity (Wildman–Crippen MR) is 107 cm³/mol. The summed E-state index contributed by atoms with van der Waals surface area (Å²) in [5, 5.41) is 0. The third-order valence-corrected chi connectivity index (χ3v) is 8.45. The van der Waals surface area contributed by atoms with Gasteiger partial charge in [0.2, 0.25) is 0 Å². The van der Waals surface area contributed by atoms with Gasteiger partial charge in [0.05, 0.1) is 0 Å². The Bertz CT molecular complexity index is 618. The van der Waals surface area contributed by atoms with Crippen LogP contribution in [-0.2, 0) is 18.7 Å². The molecule has 0 N–H and O–H groups in total. The Hall–Kier alpha value is -1.46. The first-order valence-electron chi connectivity index (χ1n) is 9.73. The molecule has 2 aromatic rings. The van der Waals surface area contributed by atoms with Crippen LogP contribution in [0.1, 0.15) is 38.3 Å². The average molecular weight is 371 g/mol. The predicted octanol–water partition coefficient (Wildman–Crippen LogP) is 5.04. The van der Waals surface area contributed by atoms with Crippen molar-refractivity contribution in [2.24, 2.45) is 5.92 Å². The van der Waals surface area contributed by atoms with Gasteiger partial charge in [0.1, 0.15) is 0 Å². The van der Waals surface area contributed by atoms with Crippen LogP contribution < -0.4 is 0 Å². The van der Waals surface area contributed by atoms with Crippen LogP contribution >= 0.6 is 0 Å². The van der Waals surface area contributed by atoms with Crippen molar-refractivity contribution in [3.05, 3.63) is 71.8 Å². The van der Waals surface area contributed by atoms with E-state index in [0.717, 1.165) is 12.5 Å². The largest absolute Gasteiger partial charge is 0.501 e. The van der Waals surface area contributed by atoms with Gasteiger partial charge in [-0.15, -0.1) is 0 Å². The molecule has 0 saturated heterocycles. The lowest BCUT2D eigenvalue weighted by atomic mass is 9.86. The van der Waals surface area contributed by atoms with Crippen LogP contribution in [0.15, 0.2) is 60.7 Å². The molecule has 3 rings (SSSR count). The van der Waals surface area contributed by atoms with Crippen molar-refractivity contribution in [3.8, 4) is 0 Å². The monoisotopic (exact) mass is 370 g/mol. The summed E-state index contributed by atoms with van der Waals surface area (Å²) in [4.78, 5) is 0. The van der Waals surface area contributed by atoms with Gasteiger partial charge >= 0.3 is 8.80 Å². The van der Waals surface area contributed by atoms with Crippen LogP contribution in [0.3, 0.4) is 0 Å². The summed E-state index contributed by atoms with van der Waals surface area (Å²) < 4.78 is 18.4. The summed E-state index contributed by atoms with van der Waals surface area (Å²) in [6.07, 6.45) is 1.11. The lowest BCUT2D eigenvalue weighted by Gasteiger charge is -2.30. The first kappa shape index (κ1) is 19.3. The van der Waals surface area contributed by atoms with Gasteiger partial charge in [-0.2, -0.15) is 0 Å². The molecular formula is C22H30O3Si. The van der Waals surface area contributed by atoms with E-state index in [1.54, 1.807) is 0 Å². The van der Waals surface area contributed by atoms with E-state index < -0.39 is 8.80 Å². The molecule has 1 fully saturated rings. The molecule has 3 nitrogen and oxygen atoms in total. The minimum absolute atomic E-state index is 0.0477. The van der Waals surface area contributed by atoms with Crippen LogP contribution in [-0.4, -0.2) is 28.6 Å². The number of hydrogen-bond donors (Lipinski definition) is 0. The minimum Gasteiger partial charge on any atom is -0.374 e. The zero-order valence-corrected chi connectivity index (χ0v) is 17.1. The van der Waals surface area contributed by atoms with Gasteiger partial charge in [0.15, 0.2) is 0 Å². The second kappa shape index (κ2) is 8.48. The van der Waals surface area contributed by atoms with Crippen molar-refractivity contribution in [3.63, 3.8) is 0 Å². The molecule has 140 valence electrons. The zero-order valence-electron chi connectivity index (χ0n) is 16.1. The van der Waals surface area contributed by atoms with Crippen molar-refractivity contribution < 1.29 is 13.3 Å². The molecule has 26 heavy (non-hydrogen) atoms. The van der Waals surface area contributed by atoms with Crippen LogP contribution in [0.25, 0.3) is 0 Å². The maximum Gasteiger partial charge on any atom is 0.501 e. The maximum absolute atomic E-state index is 6.12. The summed E-state index contributed by atoms with van der Waals surface area (Å²) in [5.41, 5.74) is 2.80. The van der Waals surface area contributed by atoms with Crippen molar-refractivity contribution in [2.75, 3.05) is 19.8 Å². The molecule has 1 saturated carbocycles. The quantitative estimate of drug-likeness (QED) is 0.548. The molecule has 4 heteroatoms. The van der Waals surface area contributed by atoms with Crippen LogP contribution in [0, 0.1) is 5.92 Å². The Balaban J connectivity index is 1.92. The Morgan fingerprint density at radius 1 is 0.769 bits per heavy atom. The van der Waals surface area contributed by atoms with E-state index in [4.69, 9.17) is 13.3 Å². The Morgan fingerprint density at radius 2 is 1.19 bits per heavy atom. The SMILES string of the molecule is CCO[Si](CC1CC1(c1ccccc1)c1ccccc1)(OCC)OCC. The summed E-state index contributed by atoms with van der Waals surface area (Å²) in [5.74, 6) is 0.476. The first-order valence-corrected chi connectivity index (χ1v) is 11.7. The second-order valence-electron chi connectivity index (χ2n) is 6.79.